The Bertz CT molecular complexity index is 356. The molecule has 1 aromatic rings. The minimum absolute atomic E-state index is 0.0567. The van der Waals surface area contributed by atoms with Crippen molar-refractivity contribution in [3.05, 3.63) is 18.0 Å². The number of carbonyl (C=O) groups excluding carboxylic acids is 1. The smallest absolute Gasteiger partial charge is 0.257 e. The topological polar surface area (TPSA) is 50.2 Å². The largest absolute Gasteiger partial charge is 0.336 e. The molecule has 0 bridgehead atoms. The highest BCUT2D eigenvalue weighted by Gasteiger charge is 2.26. The van der Waals surface area contributed by atoms with E-state index >= 15 is 0 Å². The van der Waals surface area contributed by atoms with Crippen LogP contribution in [0.1, 0.15) is 17.3 Å². The first-order valence-electron chi connectivity index (χ1n) is 5.22. The first kappa shape index (κ1) is 10.2. The monoisotopic (exact) mass is 208 g/mol. The Balaban J connectivity index is 2.05. The summed E-state index contributed by atoms with van der Waals surface area (Å²) in [5.74, 6) is 0.0567. The Kier molecular flexibility index (Phi) is 2.73. The quantitative estimate of drug-likeness (QED) is 0.757. The van der Waals surface area contributed by atoms with Gasteiger partial charge in [0.15, 0.2) is 0 Å². The van der Waals surface area contributed by atoms with Crippen LogP contribution < -0.4 is 5.32 Å². The van der Waals surface area contributed by atoms with E-state index in [4.69, 9.17) is 0 Å². The summed E-state index contributed by atoms with van der Waals surface area (Å²) in [5.41, 5.74) is 0.672. The minimum Gasteiger partial charge on any atom is -0.336 e. The van der Waals surface area contributed by atoms with Crippen molar-refractivity contribution in [1.29, 1.82) is 0 Å². The van der Waals surface area contributed by atoms with Crippen LogP contribution in [0.2, 0.25) is 0 Å². The van der Waals surface area contributed by atoms with Crippen molar-refractivity contribution in [2.24, 2.45) is 0 Å². The van der Waals surface area contributed by atoms with E-state index in [1.807, 2.05) is 14.0 Å². The van der Waals surface area contributed by atoms with Gasteiger partial charge in [-0.25, -0.2) is 0 Å². The van der Waals surface area contributed by atoms with Crippen molar-refractivity contribution >= 4 is 5.91 Å². The summed E-state index contributed by atoms with van der Waals surface area (Å²) < 4.78 is 1.76. The lowest BCUT2D eigenvalue weighted by molar-refractivity contribution is 0.0681. The van der Waals surface area contributed by atoms with E-state index in [9.17, 15) is 4.79 Å². The molecule has 1 saturated heterocycles. The summed E-state index contributed by atoms with van der Waals surface area (Å²) >= 11 is 0. The van der Waals surface area contributed by atoms with Gasteiger partial charge in [0, 0.05) is 32.9 Å². The fourth-order valence-electron chi connectivity index (χ4n) is 1.56. The molecule has 0 unspecified atom stereocenters. The highest BCUT2D eigenvalue weighted by Crippen LogP contribution is 2.08. The van der Waals surface area contributed by atoms with E-state index in [0.717, 1.165) is 19.6 Å². The third-order valence-electron chi connectivity index (χ3n) is 2.83. The zero-order chi connectivity index (χ0) is 10.8. The lowest BCUT2D eigenvalue weighted by Gasteiger charge is -2.35. The van der Waals surface area contributed by atoms with Crippen LogP contribution in [0.5, 0.6) is 0 Å². The molecule has 1 aliphatic heterocycles. The number of hydrogen-bond donors (Lipinski definition) is 1. The normalized spacial score (nSPS) is 16.1. The molecule has 82 valence electrons. The molecular weight excluding hydrogens is 192 g/mol. The molecule has 15 heavy (non-hydrogen) atoms. The van der Waals surface area contributed by atoms with E-state index in [2.05, 4.69) is 10.4 Å². The Hall–Kier alpha value is -1.36. The Morgan fingerprint density at radius 1 is 1.73 bits per heavy atom. The van der Waals surface area contributed by atoms with Crippen LogP contribution in [-0.4, -0.2) is 46.8 Å². The molecule has 2 rings (SSSR count). The summed E-state index contributed by atoms with van der Waals surface area (Å²) in [7, 11) is 1.84. The molecule has 1 fully saturated rings. The van der Waals surface area contributed by atoms with Crippen LogP contribution >= 0.6 is 0 Å². The fraction of sp³-hybridized carbons (Fsp3) is 0.600. The van der Waals surface area contributed by atoms with Gasteiger partial charge in [-0.1, -0.05) is 0 Å². The second kappa shape index (κ2) is 4.02. The number of rotatable bonds is 3. The second-order valence-corrected chi connectivity index (χ2v) is 3.81. The van der Waals surface area contributed by atoms with Gasteiger partial charge in [0.1, 0.15) is 0 Å². The molecule has 1 N–H and O–H groups in total. The number of carbonyl (C=O) groups is 1. The molecule has 0 saturated carbocycles. The van der Waals surface area contributed by atoms with E-state index in [-0.39, 0.29) is 5.91 Å². The van der Waals surface area contributed by atoms with Crippen molar-refractivity contribution in [1.82, 2.24) is 20.0 Å². The summed E-state index contributed by atoms with van der Waals surface area (Å²) in [5, 5.41) is 7.24. The highest BCUT2D eigenvalue weighted by atomic mass is 16.2. The van der Waals surface area contributed by atoms with Crippen LogP contribution in [0.15, 0.2) is 12.4 Å². The molecule has 0 aromatic carbocycles. The summed E-state index contributed by atoms with van der Waals surface area (Å²) in [4.78, 5) is 13.7. The lowest BCUT2D eigenvalue weighted by Crippen LogP contribution is -2.57. The Labute approximate surface area is 89.1 Å². The molecule has 0 aliphatic carbocycles. The van der Waals surface area contributed by atoms with E-state index in [0.29, 0.717) is 11.6 Å². The molecule has 1 aliphatic rings. The van der Waals surface area contributed by atoms with E-state index in [1.165, 1.54) is 0 Å². The number of amides is 1. The molecule has 1 aromatic heterocycles. The van der Waals surface area contributed by atoms with Gasteiger partial charge in [0.25, 0.3) is 5.91 Å². The SMILES string of the molecule is CCn1cc(C(=O)N(C)C2CNC2)cn1. The average Bonchev–Trinajstić information content (AvgIpc) is 2.61. The third-order valence-corrected chi connectivity index (χ3v) is 2.83. The first-order valence-corrected chi connectivity index (χ1v) is 5.22. The van der Waals surface area contributed by atoms with Crippen molar-refractivity contribution in [3.8, 4) is 0 Å². The fourth-order valence-corrected chi connectivity index (χ4v) is 1.56. The van der Waals surface area contributed by atoms with Crippen molar-refractivity contribution in [2.45, 2.75) is 19.5 Å². The Morgan fingerprint density at radius 3 is 2.93 bits per heavy atom. The van der Waals surface area contributed by atoms with Crippen LogP contribution in [0, 0.1) is 0 Å². The minimum atomic E-state index is 0.0567. The summed E-state index contributed by atoms with van der Waals surface area (Å²) in [6.45, 7) is 4.58. The number of hydrogen-bond acceptors (Lipinski definition) is 3. The predicted octanol–water partition coefficient (Wildman–Crippen LogP) is -0.0532. The zero-order valence-corrected chi connectivity index (χ0v) is 9.10. The van der Waals surface area contributed by atoms with E-state index in [1.54, 1.807) is 22.0 Å². The van der Waals surface area contributed by atoms with Crippen molar-refractivity contribution in [2.75, 3.05) is 20.1 Å². The number of likely N-dealkylation sites (N-methyl/N-ethyl adjacent to an activating group) is 1. The van der Waals surface area contributed by atoms with Gasteiger partial charge < -0.3 is 10.2 Å². The van der Waals surface area contributed by atoms with Gasteiger partial charge >= 0.3 is 0 Å². The van der Waals surface area contributed by atoms with Crippen LogP contribution in [0.3, 0.4) is 0 Å². The standard InChI is InChI=1S/C10H16N4O/c1-3-14-7-8(4-12-14)10(15)13(2)9-5-11-6-9/h4,7,9,11H,3,5-6H2,1-2H3. The third kappa shape index (κ3) is 1.87. The van der Waals surface area contributed by atoms with Crippen molar-refractivity contribution in [3.63, 3.8) is 0 Å². The molecular formula is C10H16N4O. The molecule has 2 heterocycles. The zero-order valence-electron chi connectivity index (χ0n) is 9.10. The van der Waals surface area contributed by atoms with E-state index < -0.39 is 0 Å². The number of aromatic nitrogens is 2. The maximum Gasteiger partial charge on any atom is 0.257 e. The molecule has 0 spiro atoms. The number of nitrogens with one attached hydrogen (secondary N) is 1. The van der Waals surface area contributed by atoms with Gasteiger partial charge in [0.05, 0.1) is 17.8 Å². The maximum absolute atomic E-state index is 12.0. The maximum atomic E-state index is 12.0. The molecule has 5 heteroatoms. The van der Waals surface area contributed by atoms with Gasteiger partial charge in [-0.15, -0.1) is 0 Å². The Morgan fingerprint density at radius 2 is 2.47 bits per heavy atom. The van der Waals surface area contributed by atoms with Gasteiger partial charge in [-0.3, -0.25) is 9.48 Å². The van der Waals surface area contributed by atoms with Crippen LogP contribution in [0.4, 0.5) is 0 Å². The van der Waals surface area contributed by atoms with Crippen LogP contribution in [-0.2, 0) is 6.54 Å². The van der Waals surface area contributed by atoms with Gasteiger partial charge in [-0.2, -0.15) is 5.10 Å². The van der Waals surface area contributed by atoms with Gasteiger partial charge in [0.2, 0.25) is 0 Å². The summed E-state index contributed by atoms with van der Waals surface area (Å²) in [6.07, 6.45) is 3.43. The number of nitrogens with zero attached hydrogens (tertiary/aromatic N) is 3. The summed E-state index contributed by atoms with van der Waals surface area (Å²) in [6, 6.07) is 0.336. The molecule has 1 amide bonds. The highest BCUT2D eigenvalue weighted by molar-refractivity contribution is 5.93. The average molecular weight is 208 g/mol. The first-order chi connectivity index (χ1) is 7.22. The lowest BCUT2D eigenvalue weighted by atomic mass is 10.1. The van der Waals surface area contributed by atoms with Crippen LogP contribution in [0.25, 0.3) is 0 Å². The predicted molar refractivity (Wildman–Crippen MR) is 56.7 cm³/mol. The number of aryl methyl sites for hydroxylation is 1. The molecule has 0 radical (unpaired) electrons. The van der Waals surface area contributed by atoms with Gasteiger partial charge in [-0.05, 0) is 6.92 Å². The molecule has 0 atom stereocenters. The molecule has 5 nitrogen and oxygen atoms in total. The second-order valence-electron chi connectivity index (χ2n) is 3.81. The van der Waals surface area contributed by atoms with Crippen molar-refractivity contribution < 1.29 is 4.79 Å².